The van der Waals surface area contributed by atoms with Gasteiger partial charge in [-0.25, -0.2) is 9.48 Å². The molecule has 0 aliphatic carbocycles. The lowest BCUT2D eigenvalue weighted by Gasteiger charge is -2.12. The van der Waals surface area contributed by atoms with Gasteiger partial charge in [0.15, 0.2) is 0 Å². The summed E-state index contributed by atoms with van der Waals surface area (Å²) < 4.78 is 37.4. The number of nitrogens with one attached hydrogen (secondary N) is 3. The van der Waals surface area contributed by atoms with E-state index in [1.165, 1.54) is 0 Å². The maximum atomic E-state index is 12.0. The van der Waals surface area contributed by atoms with Crippen molar-refractivity contribution in [2.24, 2.45) is 0 Å². The Morgan fingerprint density at radius 1 is 1.17 bits per heavy atom. The quantitative estimate of drug-likeness (QED) is 0.772. The average molecular weight is 341 g/mol. The van der Waals surface area contributed by atoms with Crippen LogP contribution in [0, 0.1) is 0 Å². The molecule has 0 radical (unpaired) electrons. The summed E-state index contributed by atoms with van der Waals surface area (Å²) in [6.45, 7) is -1.81. The van der Waals surface area contributed by atoms with Crippen LogP contribution in [0.3, 0.4) is 0 Å². The molecule has 2 rings (SSSR count). The molecule has 0 atom stereocenters. The van der Waals surface area contributed by atoms with E-state index >= 15 is 0 Å². The number of nitrogens with zero attached hydrogens (tertiary/aromatic N) is 2. The summed E-state index contributed by atoms with van der Waals surface area (Å²) in [5.74, 6) is -0.773. The van der Waals surface area contributed by atoms with E-state index < -0.39 is 24.7 Å². The average Bonchev–Trinajstić information content (AvgIpc) is 3.05. The van der Waals surface area contributed by atoms with Crippen molar-refractivity contribution in [3.63, 3.8) is 0 Å². The van der Waals surface area contributed by atoms with Gasteiger partial charge in [-0.1, -0.05) is 12.1 Å². The Balaban J connectivity index is 1.88. The molecule has 128 valence electrons. The van der Waals surface area contributed by atoms with Gasteiger partial charge in [-0.05, 0) is 18.2 Å². The summed E-state index contributed by atoms with van der Waals surface area (Å²) in [4.78, 5) is 22.8. The van der Waals surface area contributed by atoms with Crippen LogP contribution in [0.25, 0.3) is 5.69 Å². The molecule has 3 N–H and O–H groups in total. The fourth-order valence-corrected chi connectivity index (χ4v) is 1.81. The second-order valence-corrected chi connectivity index (χ2v) is 4.67. The Hall–Kier alpha value is -3.04. The molecule has 2 aromatic rings. The summed E-state index contributed by atoms with van der Waals surface area (Å²) >= 11 is 0. The second kappa shape index (κ2) is 7.49. The van der Waals surface area contributed by atoms with Crippen LogP contribution in [0.2, 0.25) is 0 Å². The zero-order chi connectivity index (χ0) is 17.6. The second-order valence-electron chi connectivity index (χ2n) is 4.67. The largest absolute Gasteiger partial charge is 0.405 e. The molecule has 7 nitrogen and oxygen atoms in total. The molecular formula is C14H14F3N5O2. The molecular weight excluding hydrogens is 327 g/mol. The smallest absolute Gasteiger partial charge is 0.374 e. The van der Waals surface area contributed by atoms with E-state index in [1.54, 1.807) is 58.0 Å². The van der Waals surface area contributed by atoms with Gasteiger partial charge in [0, 0.05) is 12.4 Å². The standard InChI is InChI=1S/C14H14F3N5O2/c15-14(16,17)9-19-13(24)21-12(23)8-18-10-4-1-2-5-11(10)22-7-3-6-20-22/h1-7,18H,8-9H2,(H2,19,21,23,24). The molecule has 24 heavy (non-hydrogen) atoms. The molecule has 0 unspecified atom stereocenters. The lowest BCUT2D eigenvalue weighted by atomic mass is 10.2. The monoisotopic (exact) mass is 341 g/mol. The summed E-state index contributed by atoms with van der Waals surface area (Å²) in [7, 11) is 0. The zero-order valence-corrected chi connectivity index (χ0v) is 12.3. The van der Waals surface area contributed by atoms with E-state index in [0.717, 1.165) is 0 Å². The molecule has 0 spiro atoms. The van der Waals surface area contributed by atoms with Gasteiger partial charge in [0.05, 0.1) is 17.9 Å². The maximum absolute atomic E-state index is 12.0. The lowest BCUT2D eigenvalue weighted by Crippen LogP contribution is -2.45. The summed E-state index contributed by atoms with van der Waals surface area (Å²) in [5.41, 5.74) is 1.25. The Morgan fingerprint density at radius 2 is 1.92 bits per heavy atom. The van der Waals surface area contributed by atoms with Crippen molar-refractivity contribution < 1.29 is 22.8 Å². The van der Waals surface area contributed by atoms with E-state index in [2.05, 4.69) is 10.4 Å². The van der Waals surface area contributed by atoms with Crippen LogP contribution >= 0.6 is 0 Å². The lowest BCUT2D eigenvalue weighted by molar-refractivity contribution is -0.124. The SMILES string of the molecule is O=C(CNc1ccccc1-n1cccn1)NC(=O)NCC(F)(F)F. The number of amides is 3. The van der Waals surface area contributed by atoms with Crippen molar-refractivity contribution in [1.82, 2.24) is 20.4 Å². The minimum absolute atomic E-state index is 0.294. The number of halogens is 3. The summed E-state index contributed by atoms with van der Waals surface area (Å²) in [5, 5.41) is 10.2. The number of anilines is 1. The Morgan fingerprint density at radius 3 is 2.58 bits per heavy atom. The number of benzene rings is 1. The number of imide groups is 1. The fraction of sp³-hybridized carbons (Fsp3) is 0.214. The van der Waals surface area contributed by atoms with Gasteiger partial charge in [-0.2, -0.15) is 18.3 Å². The Kier molecular flexibility index (Phi) is 5.40. The molecule has 0 fully saturated rings. The first-order valence-electron chi connectivity index (χ1n) is 6.82. The van der Waals surface area contributed by atoms with Crippen LogP contribution in [0.4, 0.5) is 23.7 Å². The molecule has 10 heteroatoms. The highest BCUT2D eigenvalue weighted by atomic mass is 19.4. The maximum Gasteiger partial charge on any atom is 0.405 e. The summed E-state index contributed by atoms with van der Waals surface area (Å²) in [6, 6.07) is 7.52. The van der Waals surface area contributed by atoms with Crippen molar-refractivity contribution in [3.05, 3.63) is 42.7 Å². The van der Waals surface area contributed by atoms with Gasteiger partial charge in [0.2, 0.25) is 5.91 Å². The number of carbonyl (C=O) groups is 2. The van der Waals surface area contributed by atoms with Crippen molar-refractivity contribution >= 4 is 17.6 Å². The first-order valence-corrected chi connectivity index (χ1v) is 6.82. The van der Waals surface area contributed by atoms with Crippen LogP contribution in [0.5, 0.6) is 0 Å². The molecule has 0 saturated heterocycles. The van der Waals surface area contributed by atoms with E-state index in [1.807, 2.05) is 0 Å². The van der Waals surface area contributed by atoms with E-state index in [4.69, 9.17) is 0 Å². The normalized spacial score (nSPS) is 11.0. The molecule has 3 amide bonds. The Labute approximate surface area is 134 Å². The van der Waals surface area contributed by atoms with Gasteiger partial charge >= 0.3 is 12.2 Å². The molecule has 1 aromatic heterocycles. The van der Waals surface area contributed by atoms with Crippen LogP contribution in [0.15, 0.2) is 42.7 Å². The number of aromatic nitrogens is 2. The number of urea groups is 1. The van der Waals surface area contributed by atoms with E-state index in [-0.39, 0.29) is 6.54 Å². The van der Waals surface area contributed by atoms with Crippen LogP contribution in [-0.4, -0.2) is 41.0 Å². The third-order valence-corrected chi connectivity index (χ3v) is 2.80. The molecule has 0 bridgehead atoms. The van der Waals surface area contributed by atoms with Crippen LogP contribution in [-0.2, 0) is 4.79 Å². The van der Waals surface area contributed by atoms with Crippen molar-refractivity contribution in [3.8, 4) is 5.69 Å². The molecule has 1 aromatic carbocycles. The predicted octanol–water partition coefficient (Wildman–Crippen LogP) is 1.67. The van der Waals surface area contributed by atoms with Crippen molar-refractivity contribution in [2.45, 2.75) is 6.18 Å². The Bertz CT molecular complexity index is 701. The number of hydrogen-bond acceptors (Lipinski definition) is 4. The van der Waals surface area contributed by atoms with Crippen LogP contribution in [0.1, 0.15) is 0 Å². The zero-order valence-electron chi connectivity index (χ0n) is 12.3. The highest BCUT2D eigenvalue weighted by Crippen LogP contribution is 2.18. The number of hydrogen-bond donors (Lipinski definition) is 3. The van der Waals surface area contributed by atoms with Crippen molar-refractivity contribution in [2.75, 3.05) is 18.4 Å². The van der Waals surface area contributed by atoms with Crippen LogP contribution < -0.4 is 16.0 Å². The third-order valence-electron chi connectivity index (χ3n) is 2.80. The first kappa shape index (κ1) is 17.3. The number of para-hydroxylation sites is 2. The van der Waals surface area contributed by atoms with E-state index in [0.29, 0.717) is 11.4 Å². The third kappa shape index (κ3) is 5.30. The topological polar surface area (TPSA) is 88.1 Å². The van der Waals surface area contributed by atoms with Gasteiger partial charge in [0.1, 0.15) is 6.54 Å². The highest BCUT2D eigenvalue weighted by Gasteiger charge is 2.27. The molecule has 0 saturated carbocycles. The van der Waals surface area contributed by atoms with Gasteiger partial charge in [0.25, 0.3) is 0 Å². The van der Waals surface area contributed by atoms with Gasteiger partial charge < -0.3 is 10.6 Å². The van der Waals surface area contributed by atoms with Crippen molar-refractivity contribution in [1.29, 1.82) is 0 Å². The molecule has 1 heterocycles. The highest BCUT2D eigenvalue weighted by molar-refractivity contribution is 5.96. The van der Waals surface area contributed by atoms with Gasteiger partial charge in [-0.3, -0.25) is 10.1 Å². The van der Waals surface area contributed by atoms with E-state index in [9.17, 15) is 22.8 Å². The fourth-order valence-electron chi connectivity index (χ4n) is 1.81. The number of rotatable bonds is 5. The predicted molar refractivity (Wildman–Crippen MR) is 79.7 cm³/mol. The number of alkyl halides is 3. The molecule has 0 aliphatic rings. The minimum atomic E-state index is -4.54. The molecule has 0 aliphatic heterocycles. The summed E-state index contributed by atoms with van der Waals surface area (Å²) in [6.07, 6.45) is -1.24. The van der Waals surface area contributed by atoms with Gasteiger partial charge in [-0.15, -0.1) is 0 Å². The minimum Gasteiger partial charge on any atom is -0.374 e. The first-order chi connectivity index (χ1) is 11.3. The number of carbonyl (C=O) groups excluding carboxylic acids is 2.